The number of halogens is 2. The van der Waals surface area contributed by atoms with E-state index in [2.05, 4.69) is 4.98 Å². The minimum absolute atomic E-state index is 0.0628. The number of aromatic nitrogens is 2. The summed E-state index contributed by atoms with van der Waals surface area (Å²) >= 11 is 1.33. The van der Waals surface area contributed by atoms with Crippen LogP contribution in [0.1, 0.15) is 10.5 Å². The van der Waals surface area contributed by atoms with Gasteiger partial charge in [-0.15, -0.1) is 11.3 Å². The second-order valence-electron chi connectivity index (χ2n) is 3.65. The smallest absolute Gasteiger partial charge is 0.250 e. The van der Waals surface area contributed by atoms with Gasteiger partial charge in [0, 0.05) is 17.6 Å². The number of benzene rings is 1. The van der Waals surface area contributed by atoms with Gasteiger partial charge in [-0.05, 0) is 12.1 Å². The lowest BCUT2D eigenvalue weighted by Crippen LogP contribution is -1.93. The number of nitrogens with zero attached hydrogens (tertiary/aromatic N) is 2. The van der Waals surface area contributed by atoms with Crippen molar-refractivity contribution in [3.63, 3.8) is 0 Å². The number of carbonyl (C=O) groups excluding carboxylic acids is 1. The van der Waals surface area contributed by atoms with Crippen molar-refractivity contribution < 1.29 is 18.3 Å². The highest BCUT2D eigenvalue weighted by atomic mass is 32.1. The average Bonchev–Trinajstić information content (AvgIpc) is 2.94. The van der Waals surface area contributed by atoms with E-state index < -0.39 is 11.6 Å². The van der Waals surface area contributed by atoms with Crippen LogP contribution < -0.4 is 4.74 Å². The second kappa shape index (κ2) is 4.43. The highest BCUT2D eigenvalue weighted by Gasteiger charge is 2.15. The fraction of sp³-hybridized carbons (Fsp3) is 0. The van der Waals surface area contributed by atoms with Crippen LogP contribution in [0.2, 0.25) is 0 Å². The number of fused-ring (bicyclic) bond motifs is 1. The van der Waals surface area contributed by atoms with Crippen molar-refractivity contribution in [2.45, 2.75) is 0 Å². The molecule has 3 aromatic rings. The van der Waals surface area contributed by atoms with Crippen LogP contribution in [0.3, 0.4) is 0 Å². The molecule has 96 valence electrons. The molecule has 4 nitrogen and oxygen atoms in total. The number of rotatable bonds is 3. The first-order chi connectivity index (χ1) is 9.19. The topological polar surface area (TPSA) is 43.6 Å². The Morgan fingerprint density at radius 3 is 2.89 bits per heavy atom. The van der Waals surface area contributed by atoms with Crippen molar-refractivity contribution in [1.29, 1.82) is 0 Å². The third-order valence-electron chi connectivity index (χ3n) is 2.48. The van der Waals surface area contributed by atoms with Gasteiger partial charge in [-0.3, -0.25) is 9.20 Å². The Hall–Kier alpha value is -2.28. The van der Waals surface area contributed by atoms with Crippen LogP contribution in [-0.4, -0.2) is 15.7 Å². The SMILES string of the molecule is O=Cc1c(Oc2ccc(F)c(F)c2)nc2sccn12. The molecule has 0 radical (unpaired) electrons. The third kappa shape index (κ3) is 1.97. The van der Waals surface area contributed by atoms with E-state index in [-0.39, 0.29) is 17.3 Å². The Morgan fingerprint density at radius 2 is 2.16 bits per heavy atom. The summed E-state index contributed by atoms with van der Waals surface area (Å²) in [6.45, 7) is 0. The van der Waals surface area contributed by atoms with Crippen LogP contribution in [0.15, 0.2) is 29.8 Å². The van der Waals surface area contributed by atoms with Gasteiger partial charge in [0.05, 0.1) is 0 Å². The molecule has 0 saturated carbocycles. The van der Waals surface area contributed by atoms with E-state index in [1.807, 2.05) is 0 Å². The predicted molar refractivity (Wildman–Crippen MR) is 64.9 cm³/mol. The van der Waals surface area contributed by atoms with Crippen molar-refractivity contribution in [1.82, 2.24) is 9.38 Å². The molecule has 7 heteroatoms. The van der Waals surface area contributed by atoms with Gasteiger partial charge in [0.25, 0.3) is 0 Å². The normalized spacial score (nSPS) is 10.8. The largest absolute Gasteiger partial charge is 0.437 e. The van der Waals surface area contributed by atoms with E-state index >= 15 is 0 Å². The summed E-state index contributed by atoms with van der Waals surface area (Å²) in [6, 6.07) is 3.11. The minimum atomic E-state index is -1.02. The van der Waals surface area contributed by atoms with Gasteiger partial charge in [-0.25, -0.2) is 8.78 Å². The monoisotopic (exact) mass is 280 g/mol. The first-order valence-electron chi connectivity index (χ1n) is 5.22. The molecule has 0 fully saturated rings. The Balaban J connectivity index is 2.02. The summed E-state index contributed by atoms with van der Waals surface area (Å²) in [5.74, 6) is -1.85. The summed E-state index contributed by atoms with van der Waals surface area (Å²) in [4.78, 5) is 15.7. The molecule has 0 spiro atoms. The molecule has 0 aliphatic rings. The van der Waals surface area contributed by atoms with Crippen molar-refractivity contribution >= 4 is 22.6 Å². The third-order valence-corrected chi connectivity index (χ3v) is 3.24. The van der Waals surface area contributed by atoms with Crippen LogP contribution in [-0.2, 0) is 0 Å². The fourth-order valence-corrected chi connectivity index (χ4v) is 2.33. The zero-order valence-corrected chi connectivity index (χ0v) is 10.2. The molecule has 0 aliphatic heterocycles. The minimum Gasteiger partial charge on any atom is -0.437 e. The van der Waals surface area contributed by atoms with Crippen LogP contribution in [0, 0.1) is 11.6 Å². The van der Waals surface area contributed by atoms with Gasteiger partial charge < -0.3 is 4.74 Å². The summed E-state index contributed by atoms with van der Waals surface area (Å²) in [6.07, 6.45) is 2.27. The molecule has 0 amide bonds. The number of aldehydes is 1. The van der Waals surface area contributed by atoms with Crippen molar-refractivity contribution in [2.24, 2.45) is 0 Å². The van der Waals surface area contributed by atoms with Gasteiger partial charge in [0.1, 0.15) is 5.75 Å². The molecule has 0 aliphatic carbocycles. The molecule has 3 rings (SSSR count). The maximum atomic E-state index is 13.1. The van der Waals surface area contributed by atoms with E-state index in [4.69, 9.17) is 4.74 Å². The zero-order chi connectivity index (χ0) is 13.4. The molecule has 0 N–H and O–H groups in total. The van der Waals surface area contributed by atoms with Crippen LogP contribution in [0.4, 0.5) is 8.78 Å². The number of carbonyl (C=O) groups is 1. The van der Waals surface area contributed by atoms with Crippen molar-refractivity contribution in [3.05, 3.63) is 47.1 Å². The average molecular weight is 280 g/mol. The molecule has 19 heavy (non-hydrogen) atoms. The van der Waals surface area contributed by atoms with Crippen LogP contribution >= 0.6 is 11.3 Å². The van der Waals surface area contributed by atoms with E-state index in [0.29, 0.717) is 11.2 Å². The number of hydrogen-bond donors (Lipinski definition) is 0. The highest BCUT2D eigenvalue weighted by molar-refractivity contribution is 7.15. The molecule has 0 atom stereocenters. The van der Waals surface area contributed by atoms with Gasteiger partial charge in [0.15, 0.2) is 28.6 Å². The number of thiazole rings is 1. The molecular formula is C12H6F2N2O2S. The summed E-state index contributed by atoms with van der Waals surface area (Å²) < 4.78 is 32.7. The molecule has 0 saturated heterocycles. The Kier molecular flexibility index (Phi) is 2.75. The molecular weight excluding hydrogens is 274 g/mol. The Bertz CT molecular complexity index is 766. The number of imidazole rings is 1. The van der Waals surface area contributed by atoms with E-state index in [1.54, 1.807) is 16.0 Å². The first-order valence-corrected chi connectivity index (χ1v) is 6.10. The lowest BCUT2D eigenvalue weighted by atomic mass is 10.3. The first kappa shape index (κ1) is 11.8. The predicted octanol–water partition coefficient (Wildman–Crippen LogP) is 3.28. The summed E-state index contributed by atoms with van der Waals surface area (Å²) in [7, 11) is 0. The number of hydrogen-bond acceptors (Lipinski definition) is 4. The van der Waals surface area contributed by atoms with Gasteiger partial charge in [-0.1, -0.05) is 0 Å². The summed E-state index contributed by atoms with van der Waals surface area (Å²) in [5, 5.41) is 1.77. The van der Waals surface area contributed by atoms with Gasteiger partial charge in [0.2, 0.25) is 5.88 Å². The molecule has 1 aromatic carbocycles. The fourth-order valence-electron chi connectivity index (χ4n) is 1.62. The van der Waals surface area contributed by atoms with Gasteiger partial charge >= 0.3 is 0 Å². The maximum absolute atomic E-state index is 13.1. The molecule has 2 aromatic heterocycles. The quantitative estimate of drug-likeness (QED) is 0.691. The second-order valence-corrected chi connectivity index (χ2v) is 4.53. The Labute approximate surface area is 109 Å². The Morgan fingerprint density at radius 1 is 1.32 bits per heavy atom. The van der Waals surface area contributed by atoms with Crippen molar-refractivity contribution in [3.8, 4) is 11.6 Å². The molecule has 2 heterocycles. The van der Waals surface area contributed by atoms with Crippen LogP contribution in [0.25, 0.3) is 4.96 Å². The molecule has 0 bridgehead atoms. The molecule has 0 unspecified atom stereocenters. The highest BCUT2D eigenvalue weighted by Crippen LogP contribution is 2.27. The number of ether oxygens (including phenoxy) is 1. The van der Waals surface area contributed by atoms with E-state index in [1.165, 1.54) is 17.4 Å². The maximum Gasteiger partial charge on any atom is 0.250 e. The zero-order valence-electron chi connectivity index (χ0n) is 9.34. The van der Waals surface area contributed by atoms with Gasteiger partial charge in [-0.2, -0.15) is 4.98 Å². The standard InChI is InChI=1S/C12H6F2N2O2S/c13-8-2-1-7(5-9(8)14)18-11-10(6-17)16-3-4-19-12(16)15-11/h1-6H. The lowest BCUT2D eigenvalue weighted by molar-refractivity contribution is 0.111. The van der Waals surface area contributed by atoms with E-state index in [9.17, 15) is 13.6 Å². The van der Waals surface area contributed by atoms with Crippen LogP contribution in [0.5, 0.6) is 11.6 Å². The van der Waals surface area contributed by atoms with E-state index in [0.717, 1.165) is 12.1 Å². The van der Waals surface area contributed by atoms with Crippen molar-refractivity contribution in [2.75, 3.05) is 0 Å². The lowest BCUT2D eigenvalue weighted by Gasteiger charge is -2.03. The summed E-state index contributed by atoms with van der Waals surface area (Å²) in [5.41, 5.74) is 0.223.